The third-order valence-electron chi connectivity index (χ3n) is 4.48. The molecule has 0 aliphatic rings. The van der Waals surface area contributed by atoms with Crippen molar-refractivity contribution in [2.24, 2.45) is 0 Å². The minimum Gasteiger partial charge on any atom is -0.494 e. The Morgan fingerprint density at radius 1 is 0.812 bits per heavy atom. The van der Waals surface area contributed by atoms with Crippen LogP contribution in [0, 0.1) is 11.8 Å². The van der Waals surface area contributed by atoms with Crippen molar-refractivity contribution in [2.75, 3.05) is 6.61 Å². The molecule has 164 valence electrons. The lowest BCUT2D eigenvalue weighted by atomic mass is 10.1. The Morgan fingerprint density at radius 2 is 1.34 bits per heavy atom. The number of unbranched alkanes of at least 4 members (excludes halogenated alkanes) is 1. The van der Waals surface area contributed by atoms with Gasteiger partial charge in [0.1, 0.15) is 11.5 Å². The van der Waals surface area contributed by atoms with E-state index >= 15 is 0 Å². The molecule has 0 N–H and O–H groups in total. The van der Waals surface area contributed by atoms with Gasteiger partial charge in [-0.3, -0.25) is 0 Å². The average Bonchev–Trinajstić information content (AvgIpc) is 2.79. The molecule has 0 aliphatic heterocycles. The molecule has 0 bridgehead atoms. The molecule has 0 saturated heterocycles. The van der Waals surface area contributed by atoms with Crippen molar-refractivity contribution < 1.29 is 27.4 Å². The Kier molecular flexibility index (Phi) is 7.56. The van der Waals surface area contributed by atoms with Gasteiger partial charge in [-0.1, -0.05) is 25.2 Å². The van der Waals surface area contributed by atoms with Crippen molar-refractivity contribution in [2.45, 2.75) is 25.9 Å². The van der Waals surface area contributed by atoms with Crippen LogP contribution in [-0.4, -0.2) is 12.6 Å². The zero-order valence-electron chi connectivity index (χ0n) is 17.4. The molecule has 0 heterocycles. The van der Waals surface area contributed by atoms with E-state index in [1.807, 2.05) is 24.3 Å². The largest absolute Gasteiger partial charge is 0.494 e. The maximum atomic E-state index is 12.6. The molecule has 3 aromatic carbocycles. The molecule has 0 spiro atoms. The van der Waals surface area contributed by atoms with Gasteiger partial charge < -0.3 is 9.47 Å². The van der Waals surface area contributed by atoms with E-state index in [1.54, 1.807) is 24.3 Å². The second kappa shape index (κ2) is 10.5. The number of carbonyl (C=O) groups is 1. The van der Waals surface area contributed by atoms with Crippen molar-refractivity contribution in [3.63, 3.8) is 0 Å². The monoisotopic (exact) mass is 438 g/mol. The van der Waals surface area contributed by atoms with Crippen LogP contribution >= 0.6 is 0 Å². The van der Waals surface area contributed by atoms with Gasteiger partial charge in [-0.15, -0.1) is 0 Å². The van der Waals surface area contributed by atoms with Gasteiger partial charge in [-0.05, 0) is 79.2 Å². The van der Waals surface area contributed by atoms with Crippen LogP contribution in [-0.2, 0) is 6.18 Å². The number of esters is 1. The predicted molar refractivity (Wildman–Crippen MR) is 116 cm³/mol. The Balaban J connectivity index is 1.58. The molecule has 0 atom stereocenters. The highest BCUT2D eigenvalue weighted by Crippen LogP contribution is 2.29. The number of halogens is 3. The van der Waals surface area contributed by atoms with Gasteiger partial charge in [-0.2, -0.15) is 13.2 Å². The molecule has 0 fully saturated rings. The first-order valence-electron chi connectivity index (χ1n) is 10.1. The second-order valence-corrected chi connectivity index (χ2v) is 6.97. The molecule has 3 nitrogen and oxygen atoms in total. The van der Waals surface area contributed by atoms with Crippen LogP contribution in [0.1, 0.15) is 46.8 Å². The second-order valence-electron chi connectivity index (χ2n) is 6.97. The van der Waals surface area contributed by atoms with Gasteiger partial charge in [0.2, 0.25) is 0 Å². The lowest BCUT2D eigenvalue weighted by Crippen LogP contribution is -2.10. The van der Waals surface area contributed by atoms with Crippen LogP contribution in [0.2, 0.25) is 0 Å². The van der Waals surface area contributed by atoms with Gasteiger partial charge in [0, 0.05) is 11.1 Å². The van der Waals surface area contributed by atoms with Crippen molar-refractivity contribution >= 4 is 5.97 Å². The predicted octanol–water partition coefficient (Wildman–Crippen LogP) is 6.50. The summed E-state index contributed by atoms with van der Waals surface area (Å²) in [6, 6.07) is 18.0. The van der Waals surface area contributed by atoms with Gasteiger partial charge in [0.15, 0.2) is 0 Å². The van der Waals surface area contributed by atoms with Crippen LogP contribution in [0.3, 0.4) is 0 Å². The molecule has 0 radical (unpaired) electrons. The lowest BCUT2D eigenvalue weighted by Gasteiger charge is -2.08. The van der Waals surface area contributed by atoms with E-state index in [9.17, 15) is 18.0 Å². The van der Waals surface area contributed by atoms with E-state index < -0.39 is 17.7 Å². The number of ether oxygens (including phenoxy) is 2. The van der Waals surface area contributed by atoms with E-state index in [2.05, 4.69) is 18.8 Å². The third-order valence-corrected chi connectivity index (χ3v) is 4.48. The summed E-state index contributed by atoms with van der Waals surface area (Å²) in [6.45, 7) is 2.80. The summed E-state index contributed by atoms with van der Waals surface area (Å²) in [5, 5.41) is 0. The molecule has 0 saturated carbocycles. The van der Waals surface area contributed by atoms with E-state index in [0.717, 1.165) is 54.0 Å². The highest BCUT2D eigenvalue weighted by Gasteiger charge is 2.30. The smallest absolute Gasteiger partial charge is 0.416 e. The molecule has 32 heavy (non-hydrogen) atoms. The van der Waals surface area contributed by atoms with Gasteiger partial charge >= 0.3 is 12.1 Å². The Labute approximate surface area is 184 Å². The number of hydrogen-bond acceptors (Lipinski definition) is 3. The summed E-state index contributed by atoms with van der Waals surface area (Å²) < 4.78 is 48.7. The van der Waals surface area contributed by atoms with Crippen LogP contribution in [0.4, 0.5) is 13.2 Å². The number of rotatable bonds is 6. The third kappa shape index (κ3) is 6.64. The van der Waals surface area contributed by atoms with Crippen molar-refractivity contribution in [1.29, 1.82) is 0 Å². The highest BCUT2D eigenvalue weighted by molar-refractivity contribution is 5.91. The van der Waals surface area contributed by atoms with E-state index in [-0.39, 0.29) is 11.3 Å². The molecule has 3 rings (SSSR count). The van der Waals surface area contributed by atoms with Gasteiger partial charge in [0.25, 0.3) is 0 Å². The van der Waals surface area contributed by atoms with E-state index in [0.29, 0.717) is 6.61 Å². The molecule has 0 amide bonds. The first-order chi connectivity index (χ1) is 15.3. The standard InChI is InChI=1S/C26H21F3O3/c1-2-3-18-31-23-14-6-19(7-15-23)4-5-20-8-16-24(17-9-20)32-25(30)21-10-12-22(13-11-21)26(27,28)29/h6-17H,2-3,18H2,1H3. The topological polar surface area (TPSA) is 35.5 Å². The van der Waals surface area contributed by atoms with E-state index in [4.69, 9.17) is 9.47 Å². The fourth-order valence-electron chi connectivity index (χ4n) is 2.68. The van der Waals surface area contributed by atoms with Crippen LogP contribution in [0.25, 0.3) is 0 Å². The summed E-state index contributed by atoms with van der Waals surface area (Å²) in [5.74, 6) is 6.42. The minimum absolute atomic E-state index is 0.0315. The summed E-state index contributed by atoms with van der Waals surface area (Å²) in [6.07, 6.45) is -2.36. The molecule has 3 aromatic rings. The molecule has 0 unspecified atom stereocenters. The summed E-state index contributed by atoms with van der Waals surface area (Å²) >= 11 is 0. The molecule has 6 heteroatoms. The van der Waals surface area contributed by atoms with Crippen LogP contribution < -0.4 is 9.47 Å². The molecule has 0 aliphatic carbocycles. The zero-order valence-corrected chi connectivity index (χ0v) is 17.4. The number of benzene rings is 3. The summed E-state index contributed by atoms with van der Waals surface area (Å²) in [5.41, 5.74) is 0.771. The van der Waals surface area contributed by atoms with Crippen LogP contribution in [0.5, 0.6) is 11.5 Å². The molecule has 0 aromatic heterocycles. The fraction of sp³-hybridized carbons (Fsp3) is 0.192. The maximum Gasteiger partial charge on any atom is 0.416 e. The highest BCUT2D eigenvalue weighted by atomic mass is 19.4. The first kappa shape index (κ1) is 23.0. The van der Waals surface area contributed by atoms with Gasteiger partial charge in [-0.25, -0.2) is 4.79 Å². The fourth-order valence-corrected chi connectivity index (χ4v) is 2.68. The van der Waals surface area contributed by atoms with Gasteiger partial charge in [0.05, 0.1) is 17.7 Å². The number of alkyl halides is 3. The Hall–Kier alpha value is -3.72. The van der Waals surface area contributed by atoms with Crippen molar-refractivity contribution in [1.82, 2.24) is 0 Å². The SMILES string of the molecule is CCCCOc1ccc(C#Cc2ccc(OC(=O)c3ccc(C(F)(F)F)cc3)cc2)cc1. The van der Waals surface area contributed by atoms with Crippen molar-refractivity contribution in [3.8, 4) is 23.3 Å². The maximum absolute atomic E-state index is 12.6. The van der Waals surface area contributed by atoms with E-state index in [1.165, 1.54) is 0 Å². The number of hydrogen-bond donors (Lipinski definition) is 0. The minimum atomic E-state index is -4.45. The normalized spacial score (nSPS) is 10.8. The summed E-state index contributed by atoms with van der Waals surface area (Å²) in [7, 11) is 0. The number of carbonyl (C=O) groups excluding carboxylic acids is 1. The first-order valence-corrected chi connectivity index (χ1v) is 10.1. The van der Waals surface area contributed by atoms with Crippen LogP contribution in [0.15, 0.2) is 72.8 Å². The lowest BCUT2D eigenvalue weighted by molar-refractivity contribution is -0.137. The average molecular weight is 438 g/mol. The molecular formula is C26H21F3O3. The molecular weight excluding hydrogens is 417 g/mol. The quantitative estimate of drug-likeness (QED) is 0.191. The van der Waals surface area contributed by atoms with Crippen molar-refractivity contribution in [3.05, 3.63) is 95.1 Å². The summed E-state index contributed by atoms with van der Waals surface area (Å²) in [4.78, 5) is 12.1. The zero-order chi connectivity index (χ0) is 23.0. The Morgan fingerprint density at radius 3 is 1.84 bits per heavy atom. The Bertz CT molecular complexity index is 1090.